The summed E-state index contributed by atoms with van der Waals surface area (Å²) in [6.07, 6.45) is -3.51. The van der Waals surface area contributed by atoms with Crippen LogP contribution in [-0.4, -0.2) is 37.1 Å². The summed E-state index contributed by atoms with van der Waals surface area (Å²) in [5.41, 5.74) is -2.45. The number of oxime groups is 1. The Hall–Kier alpha value is -1.81. The van der Waals surface area contributed by atoms with Crippen molar-refractivity contribution in [1.29, 1.82) is 0 Å². The highest BCUT2D eigenvalue weighted by Gasteiger charge is 2.62. The van der Waals surface area contributed by atoms with Crippen molar-refractivity contribution in [3.05, 3.63) is 55.2 Å². The Bertz CT molecular complexity index is 1050. The summed E-state index contributed by atoms with van der Waals surface area (Å²) in [4.78, 5) is 18.7. The van der Waals surface area contributed by atoms with Gasteiger partial charge in [0.05, 0.1) is 23.0 Å². The topological polar surface area (TPSA) is 59.9 Å². The summed E-state index contributed by atoms with van der Waals surface area (Å²) in [7, 11) is 0. The Kier molecular flexibility index (Phi) is 6.46. The van der Waals surface area contributed by atoms with Crippen LogP contribution in [-0.2, 0) is 15.2 Å². The third-order valence-corrected chi connectivity index (χ3v) is 7.01. The fraction of sp³-hybridized carbons (Fsp3) is 0.429. The predicted octanol–water partition coefficient (Wildman–Crippen LogP) is 5.85. The number of benzene rings is 1. The van der Waals surface area contributed by atoms with Crippen LogP contribution in [0.5, 0.6) is 0 Å². The molecule has 2 aromatic rings. The zero-order valence-corrected chi connectivity index (χ0v) is 19.2. The van der Waals surface area contributed by atoms with Crippen LogP contribution in [0.25, 0.3) is 0 Å². The van der Waals surface area contributed by atoms with Crippen molar-refractivity contribution >= 4 is 46.2 Å². The number of ether oxygens (including phenoxy) is 1. The molecule has 0 saturated carbocycles. The Morgan fingerprint density at radius 2 is 2.00 bits per heavy atom. The summed E-state index contributed by atoms with van der Waals surface area (Å²) in [5.74, 6) is -0.302. The minimum Gasteiger partial charge on any atom is -0.376 e. The molecule has 2 aliphatic rings. The van der Waals surface area contributed by atoms with Gasteiger partial charge in [0.15, 0.2) is 0 Å². The lowest BCUT2D eigenvalue weighted by Crippen LogP contribution is -2.42. The molecule has 4 rings (SSSR count). The van der Waals surface area contributed by atoms with Gasteiger partial charge in [0.1, 0.15) is 5.71 Å². The average molecular weight is 507 g/mol. The lowest BCUT2D eigenvalue weighted by atomic mass is 9.88. The van der Waals surface area contributed by atoms with Crippen molar-refractivity contribution in [1.82, 2.24) is 5.32 Å². The molecule has 1 N–H and O–H groups in total. The average Bonchev–Trinajstić information content (AvgIpc) is 3.44. The van der Waals surface area contributed by atoms with E-state index >= 15 is 0 Å². The maximum Gasteiger partial charge on any atom is 0.435 e. The maximum atomic E-state index is 14.2. The molecule has 2 unspecified atom stereocenters. The van der Waals surface area contributed by atoms with E-state index in [4.69, 9.17) is 32.8 Å². The van der Waals surface area contributed by atoms with Gasteiger partial charge in [-0.05, 0) is 44.0 Å². The van der Waals surface area contributed by atoms with Crippen LogP contribution in [0.4, 0.5) is 13.2 Å². The highest BCUT2D eigenvalue weighted by Crippen LogP contribution is 2.50. The largest absolute Gasteiger partial charge is 0.435 e. The second kappa shape index (κ2) is 8.85. The van der Waals surface area contributed by atoms with Gasteiger partial charge in [-0.25, -0.2) is 0 Å². The lowest BCUT2D eigenvalue weighted by Gasteiger charge is -2.29. The first kappa shape index (κ1) is 23.4. The van der Waals surface area contributed by atoms with Gasteiger partial charge in [0, 0.05) is 33.6 Å². The molecule has 2 atom stereocenters. The molecule has 1 aromatic carbocycles. The molecule has 3 heterocycles. The summed E-state index contributed by atoms with van der Waals surface area (Å²) in [5, 5.41) is 6.70. The quantitative estimate of drug-likeness (QED) is 0.552. The van der Waals surface area contributed by atoms with E-state index < -0.39 is 18.2 Å². The van der Waals surface area contributed by atoms with Crippen LogP contribution >= 0.6 is 34.5 Å². The molecule has 1 fully saturated rings. The first-order chi connectivity index (χ1) is 15.1. The number of halogens is 5. The summed E-state index contributed by atoms with van der Waals surface area (Å²) in [6, 6.07) is 5.23. The second-order valence-corrected chi connectivity index (χ2v) is 9.84. The zero-order chi connectivity index (χ0) is 23.1. The molecule has 32 heavy (non-hydrogen) atoms. The fourth-order valence-electron chi connectivity index (χ4n) is 3.78. The van der Waals surface area contributed by atoms with E-state index in [1.54, 1.807) is 13.0 Å². The molecular weight excluding hydrogens is 488 g/mol. The minimum absolute atomic E-state index is 0.0121. The molecule has 0 aliphatic carbocycles. The normalized spacial score (nSPS) is 23.2. The molecule has 1 aromatic heterocycles. The van der Waals surface area contributed by atoms with Gasteiger partial charge < -0.3 is 14.9 Å². The standard InChI is InChI=1S/C21H19Cl2F3N2O3S/c1-11-16(19(29)27-10-15-3-2-4-30-15)8-18(32-11)17-9-20(31-28-17,21(24,25)26)12-5-13(22)7-14(23)6-12/h5-8,15H,2-4,9-10H2,1H3,(H,27,29). The third-order valence-electron chi connectivity index (χ3n) is 5.48. The number of rotatable bonds is 5. The Morgan fingerprint density at radius 1 is 1.28 bits per heavy atom. The Morgan fingerprint density at radius 3 is 2.62 bits per heavy atom. The summed E-state index contributed by atoms with van der Waals surface area (Å²) in [6.45, 7) is 2.81. The van der Waals surface area contributed by atoms with Crippen LogP contribution in [0.1, 0.15) is 44.9 Å². The molecule has 0 spiro atoms. The van der Waals surface area contributed by atoms with Crippen molar-refractivity contribution < 1.29 is 27.5 Å². The highest BCUT2D eigenvalue weighted by atomic mass is 35.5. The monoisotopic (exact) mass is 506 g/mol. The second-order valence-electron chi connectivity index (χ2n) is 7.71. The number of alkyl halides is 3. The first-order valence-corrected chi connectivity index (χ1v) is 11.5. The summed E-state index contributed by atoms with van der Waals surface area (Å²) >= 11 is 13.1. The predicted molar refractivity (Wildman–Crippen MR) is 117 cm³/mol. The van der Waals surface area contributed by atoms with Gasteiger partial charge in [-0.15, -0.1) is 11.3 Å². The number of nitrogens with one attached hydrogen (secondary N) is 1. The molecule has 1 amide bonds. The minimum atomic E-state index is -4.78. The number of thiophene rings is 1. The van der Waals surface area contributed by atoms with Gasteiger partial charge in [0.25, 0.3) is 11.5 Å². The number of carbonyl (C=O) groups excluding carboxylic acids is 1. The zero-order valence-electron chi connectivity index (χ0n) is 16.9. The molecule has 0 radical (unpaired) electrons. The van der Waals surface area contributed by atoms with Gasteiger partial charge >= 0.3 is 6.18 Å². The fourth-order valence-corrected chi connectivity index (χ4v) is 5.30. The van der Waals surface area contributed by atoms with Gasteiger partial charge in [-0.2, -0.15) is 13.2 Å². The first-order valence-electron chi connectivity index (χ1n) is 9.88. The number of carbonyl (C=O) groups is 1. The molecule has 1 saturated heterocycles. The van der Waals surface area contributed by atoms with Crippen LogP contribution in [0.3, 0.4) is 0 Å². The highest BCUT2D eigenvalue weighted by molar-refractivity contribution is 7.14. The van der Waals surface area contributed by atoms with E-state index in [0.717, 1.165) is 12.8 Å². The van der Waals surface area contributed by atoms with Crippen LogP contribution in [0, 0.1) is 6.92 Å². The van der Waals surface area contributed by atoms with Crippen molar-refractivity contribution in [2.24, 2.45) is 5.16 Å². The number of nitrogens with zero attached hydrogens (tertiary/aromatic N) is 1. The van der Waals surface area contributed by atoms with E-state index in [1.807, 2.05) is 0 Å². The van der Waals surface area contributed by atoms with Gasteiger partial charge in [-0.1, -0.05) is 28.4 Å². The summed E-state index contributed by atoms with van der Waals surface area (Å²) < 4.78 is 48.0. The van der Waals surface area contributed by atoms with E-state index in [9.17, 15) is 18.0 Å². The van der Waals surface area contributed by atoms with Gasteiger partial charge in [0.2, 0.25) is 0 Å². The van der Waals surface area contributed by atoms with Crippen molar-refractivity contribution in [2.45, 2.75) is 44.1 Å². The maximum absolute atomic E-state index is 14.2. The van der Waals surface area contributed by atoms with Crippen molar-refractivity contribution in [3.8, 4) is 0 Å². The lowest BCUT2D eigenvalue weighted by molar-refractivity contribution is -0.275. The number of hydrogen-bond donors (Lipinski definition) is 1. The molecule has 2 aliphatic heterocycles. The van der Waals surface area contributed by atoms with E-state index in [0.29, 0.717) is 28.5 Å². The van der Waals surface area contributed by atoms with Crippen molar-refractivity contribution in [2.75, 3.05) is 13.2 Å². The smallest absolute Gasteiger partial charge is 0.376 e. The number of aryl methyl sites for hydroxylation is 1. The molecule has 5 nitrogen and oxygen atoms in total. The SMILES string of the molecule is Cc1sc(C2=NOC(c3cc(Cl)cc(Cl)c3)(C(F)(F)F)C2)cc1C(=O)NCC1CCCO1. The Balaban J connectivity index is 1.56. The third kappa shape index (κ3) is 4.48. The Labute approximate surface area is 196 Å². The van der Waals surface area contributed by atoms with Crippen LogP contribution in [0.2, 0.25) is 10.0 Å². The molecule has 172 valence electrons. The van der Waals surface area contributed by atoms with E-state index in [-0.39, 0.29) is 33.3 Å². The molecular formula is C21H19Cl2F3N2O3S. The van der Waals surface area contributed by atoms with Crippen molar-refractivity contribution in [3.63, 3.8) is 0 Å². The van der Waals surface area contributed by atoms with Crippen LogP contribution in [0.15, 0.2) is 29.4 Å². The molecule has 0 bridgehead atoms. The van der Waals surface area contributed by atoms with E-state index in [1.165, 1.54) is 29.5 Å². The van der Waals surface area contributed by atoms with Crippen LogP contribution < -0.4 is 5.32 Å². The van der Waals surface area contributed by atoms with Gasteiger partial charge in [-0.3, -0.25) is 4.79 Å². The van der Waals surface area contributed by atoms with E-state index in [2.05, 4.69) is 10.5 Å². The number of amides is 1. The molecule has 11 heteroatoms. The number of hydrogen-bond acceptors (Lipinski definition) is 5.